The largest absolute Gasteiger partial charge is 0.478 e. The van der Waals surface area contributed by atoms with E-state index >= 15 is 0 Å². The molecule has 0 aliphatic heterocycles. The predicted octanol–water partition coefficient (Wildman–Crippen LogP) is 5.44. The maximum Gasteiger partial charge on any atom is 0.330 e. The predicted molar refractivity (Wildman–Crippen MR) is 132 cm³/mol. The van der Waals surface area contributed by atoms with Crippen LogP contribution in [0.15, 0.2) is 97.1 Å². The van der Waals surface area contributed by atoms with Crippen molar-refractivity contribution in [1.29, 1.82) is 0 Å². The highest BCUT2D eigenvalue weighted by Gasteiger charge is 1.90. The minimum Gasteiger partial charge on any atom is -0.478 e. The molecule has 4 N–H and O–H groups in total. The molecule has 6 heteroatoms. The number of carbonyl (C=O) groups is 2. The Bertz CT molecular complexity index is 536. The van der Waals surface area contributed by atoms with Crippen LogP contribution in [-0.4, -0.2) is 44.6 Å². The second-order valence-corrected chi connectivity index (χ2v) is 6.67. The molecule has 0 bridgehead atoms. The molecular formula is C26H40O6. The molecule has 2 aromatic carbocycles. The van der Waals surface area contributed by atoms with Crippen LogP contribution in [0.4, 0.5) is 0 Å². The summed E-state index contributed by atoms with van der Waals surface area (Å²) in [6.45, 7) is 16.1. The summed E-state index contributed by atoms with van der Waals surface area (Å²) in [5.41, 5.74) is 0.352. The third kappa shape index (κ3) is 63.2. The molecule has 0 aromatic heterocycles. The highest BCUT2D eigenvalue weighted by Crippen LogP contribution is 1.82. The number of carboxylic acid groups (broad SMARTS) is 2. The molecule has 32 heavy (non-hydrogen) atoms. The van der Waals surface area contributed by atoms with Gasteiger partial charge in [-0.25, -0.2) is 9.59 Å². The number of hydrogen-bond acceptors (Lipinski definition) is 4. The van der Waals surface area contributed by atoms with Gasteiger partial charge in [-0.1, -0.05) is 86.0 Å². The maximum absolute atomic E-state index is 9.60. The number of benzene rings is 2. The van der Waals surface area contributed by atoms with Gasteiger partial charge in [-0.05, 0) is 41.5 Å². The normalized spacial score (nSPS) is 8.06. The molecule has 0 unspecified atom stereocenters. The summed E-state index contributed by atoms with van der Waals surface area (Å²) in [5.74, 6) is -1.87. The Hall–Kier alpha value is -3.22. The second-order valence-electron chi connectivity index (χ2n) is 6.67. The van der Waals surface area contributed by atoms with Crippen LogP contribution in [0, 0.1) is 0 Å². The van der Waals surface area contributed by atoms with Gasteiger partial charge in [0.15, 0.2) is 0 Å². The summed E-state index contributed by atoms with van der Waals surface area (Å²) in [7, 11) is 0. The van der Waals surface area contributed by atoms with E-state index in [4.69, 9.17) is 20.4 Å². The van der Waals surface area contributed by atoms with E-state index in [0.717, 1.165) is 0 Å². The van der Waals surface area contributed by atoms with Crippen molar-refractivity contribution < 1.29 is 30.0 Å². The fourth-order valence-corrected chi connectivity index (χ4v) is 0.770. The minimum atomic E-state index is -0.935. The van der Waals surface area contributed by atoms with Crippen molar-refractivity contribution in [3.63, 3.8) is 0 Å². The fourth-order valence-electron chi connectivity index (χ4n) is 0.770. The molecule has 0 fully saturated rings. The summed E-state index contributed by atoms with van der Waals surface area (Å²) in [4.78, 5) is 19.2. The van der Waals surface area contributed by atoms with E-state index in [0.29, 0.717) is 0 Å². The van der Waals surface area contributed by atoms with Gasteiger partial charge in [0.1, 0.15) is 0 Å². The minimum absolute atomic E-state index is 0.167. The molecule has 0 aliphatic rings. The van der Waals surface area contributed by atoms with Gasteiger partial charge in [-0.15, -0.1) is 0 Å². The Morgan fingerprint density at radius 3 is 0.625 bits per heavy atom. The maximum atomic E-state index is 9.60. The Kier molecular flexibility index (Phi) is 31.4. The third-order valence-corrected chi connectivity index (χ3v) is 2.06. The van der Waals surface area contributed by atoms with Gasteiger partial charge < -0.3 is 20.4 Å². The van der Waals surface area contributed by atoms with Gasteiger partial charge in [0.05, 0.1) is 0 Å². The molecule has 180 valence electrons. The molecule has 2 aromatic rings. The van der Waals surface area contributed by atoms with E-state index in [1.165, 1.54) is 13.8 Å². The molecule has 6 nitrogen and oxygen atoms in total. The van der Waals surface area contributed by atoms with Gasteiger partial charge in [0.2, 0.25) is 0 Å². The highest BCUT2D eigenvalue weighted by molar-refractivity contribution is 5.85. The Morgan fingerprint density at radius 1 is 0.531 bits per heavy atom. The zero-order valence-corrected chi connectivity index (χ0v) is 20.1. The van der Waals surface area contributed by atoms with E-state index in [1.54, 1.807) is 27.7 Å². The lowest BCUT2D eigenvalue weighted by Crippen LogP contribution is -1.92. The quantitative estimate of drug-likeness (QED) is 0.455. The molecular weight excluding hydrogens is 408 g/mol. The Balaban J connectivity index is -0.000000148. The van der Waals surface area contributed by atoms with Crippen LogP contribution in [0.25, 0.3) is 0 Å². The molecule has 0 radical (unpaired) electrons. The summed E-state index contributed by atoms with van der Waals surface area (Å²) in [6, 6.07) is 24.0. The lowest BCUT2D eigenvalue weighted by molar-refractivity contribution is -0.133. The van der Waals surface area contributed by atoms with Crippen LogP contribution in [0.1, 0.15) is 41.5 Å². The summed E-state index contributed by atoms with van der Waals surface area (Å²) < 4.78 is 0. The van der Waals surface area contributed by atoms with Crippen molar-refractivity contribution in [2.24, 2.45) is 0 Å². The standard InChI is InChI=1S/2C6H6.2C4H6O2.2C3H8O/c2*1-2-4-6-5-3-1;2*1-3(2)4(5)6;2*1-3(2)4/h2*1-6H;2*1H2,2H3,(H,5,6);2*3-4H,1-2H3. The van der Waals surface area contributed by atoms with Crippen LogP contribution in [0.3, 0.4) is 0 Å². The summed E-state index contributed by atoms with van der Waals surface area (Å²) in [5, 5.41) is 31.9. The summed E-state index contributed by atoms with van der Waals surface area (Å²) >= 11 is 0. The zero-order chi connectivity index (χ0) is 25.9. The van der Waals surface area contributed by atoms with E-state index < -0.39 is 11.9 Å². The van der Waals surface area contributed by atoms with Crippen LogP contribution in [0.5, 0.6) is 0 Å². The van der Waals surface area contributed by atoms with E-state index in [-0.39, 0.29) is 23.4 Å². The monoisotopic (exact) mass is 448 g/mol. The molecule has 0 atom stereocenters. The van der Waals surface area contributed by atoms with Crippen molar-refractivity contribution >= 4 is 11.9 Å². The molecule has 0 saturated carbocycles. The number of aliphatic hydroxyl groups excluding tert-OH is 2. The average Bonchev–Trinajstić information content (AvgIpc) is 2.71. The van der Waals surface area contributed by atoms with Gasteiger partial charge >= 0.3 is 11.9 Å². The number of rotatable bonds is 2. The second kappa shape index (κ2) is 27.8. The SMILES string of the molecule is C=C(C)C(=O)O.C=C(C)C(=O)O.CC(C)O.CC(C)O.c1ccccc1.c1ccccc1. The van der Waals surface area contributed by atoms with E-state index in [9.17, 15) is 9.59 Å². The number of aliphatic hydroxyl groups is 2. The van der Waals surface area contributed by atoms with Gasteiger partial charge in [-0.2, -0.15) is 0 Å². The molecule has 2 rings (SSSR count). The summed E-state index contributed by atoms with van der Waals surface area (Å²) in [6.07, 6.45) is -0.333. The first-order chi connectivity index (χ1) is 14.7. The van der Waals surface area contributed by atoms with E-state index in [2.05, 4.69) is 13.2 Å². The first-order valence-corrected chi connectivity index (χ1v) is 9.89. The lowest BCUT2D eigenvalue weighted by Gasteiger charge is -1.80. The van der Waals surface area contributed by atoms with E-state index in [1.807, 2.05) is 72.8 Å². The third-order valence-electron chi connectivity index (χ3n) is 2.06. The number of aliphatic carboxylic acids is 2. The molecule has 0 heterocycles. The first kappa shape index (κ1) is 36.2. The smallest absolute Gasteiger partial charge is 0.330 e. The van der Waals surface area contributed by atoms with Gasteiger partial charge in [-0.3, -0.25) is 0 Å². The van der Waals surface area contributed by atoms with Crippen LogP contribution in [0.2, 0.25) is 0 Å². The average molecular weight is 449 g/mol. The molecule has 0 amide bonds. The van der Waals surface area contributed by atoms with Gasteiger partial charge in [0.25, 0.3) is 0 Å². The Morgan fingerprint density at radius 2 is 0.594 bits per heavy atom. The topological polar surface area (TPSA) is 115 Å². The van der Waals surface area contributed by atoms with Crippen molar-refractivity contribution in [1.82, 2.24) is 0 Å². The van der Waals surface area contributed by atoms with Crippen LogP contribution in [-0.2, 0) is 9.59 Å². The van der Waals surface area contributed by atoms with Crippen molar-refractivity contribution in [3.8, 4) is 0 Å². The fraction of sp³-hybridized carbons (Fsp3) is 0.308. The molecule has 0 saturated heterocycles. The van der Waals surface area contributed by atoms with Gasteiger partial charge in [0, 0.05) is 23.4 Å². The molecule has 0 spiro atoms. The van der Waals surface area contributed by atoms with Crippen molar-refractivity contribution in [2.45, 2.75) is 53.8 Å². The first-order valence-electron chi connectivity index (χ1n) is 9.89. The molecule has 0 aliphatic carbocycles. The van der Waals surface area contributed by atoms with Crippen LogP contribution < -0.4 is 0 Å². The number of hydrogen-bond donors (Lipinski definition) is 4. The highest BCUT2D eigenvalue weighted by atomic mass is 16.4. The van der Waals surface area contributed by atoms with Crippen LogP contribution >= 0.6 is 0 Å². The van der Waals surface area contributed by atoms with Crippen molar-refractivity contribution in [2.75, 3.05) is 0 Å². The van der Waals surface area contributed by atoms with Crippen molar-refractivity contribution in [3.05, 3.63) is 97.1 Å². The Labute approximate surface area is 193 Å². The number of carboxylic acids is 2. The lowest BCUT2D eigenvalue weighted by atomic mass is 10.4. The zero-order valence-electron chi connectivity index (χ0n) is 20.1.